The fourth-order valence-corrected chi connectivity index (χ4v) is 3.08. The van der Waals surface area contributed by atoms with E-state index in [9.17, 15) is 4.79 Å². The minimum atomic E-state index is -0.185. The molecule has 8 nitrogen and oxygen atoms in total. The van der Waals surface area contributed by atoms with Crippen molar-refractivity contribution in [2.24, 2.45) is 0 Å². The van der Waals surface area contributed by atoms with Crippen molar-refractivity contribution in [3.63, 3.8) is 0 Å². The van der Waals surface area contributed by atoms with Crippen molar-refractivity contribution in [3.05, 3.63) is 77.6 Å². The van der Waals surface area contributed by atoms with E-state index < -0.39 is 0 Å². The van der Waals surface area contributed by atoms with Gasteiger partial charge in [-0.05, 0) is 42.5 Å². The number of nitrogens with zero attached hydrogens (tertiary/aromatic N) is 6. The fraction of sp³-hybridized carbons (Fsp3) is 0.0500. The third-order valence-electron chi connectivity index (χ3n) is 4.50. The minimum absolute atomic E-state index is 0.185. The van der Waals surface area contributed by atoms with Gasteiger partial charge < -0.3 is 4.74 Å². The first-order valence-corrected chi connectivity index (χ1v) is 8.56. The number of aromatic nitrogens is 6. The smallest absolute Gasteiger partial charge is 0.266 e. The topological polar surface area (TPSA) is 87.2 Å². The zero-order chi connectivity index (χ0) is 19.1. The Kier molecular flexibility index (Phi) is 3.61. The van der Waals surface area contributed by atoms with E-state index in [0.717, 1.165) is 17.0 Å². The molecule has 0 aliphatic heterocycles. The molecule has 0 spiro atoms. The zero-order valence-corrected chi connectivity index (χ0v) is 14.9. The van der Waals surface area contributed by atoms with Crippen LogP contribution in [0.15, 0.2) is 72.0 Å². The molecule has 136 valence electrons. The second kappa shape index (κ2) is 6.27. The van der Waals surface area contributed by atoms with Crippen LogP contribution in [0.1, 0.15) is 0 Å². The number of pyridine rings is 2. The summed E-state index contributed by atoms with van der Waals surface area (Å²) in [5.74, 6) is 1.66. The first-order chi connectivity index (χ1) is 13.7. The zero-order valence-electron chi connectivity index (χ0n) is 14.9. The Balaban J connectivity index is 1.69. The van der Waals surface area contributed by atoms with E-state index in [0.29, 0.717) is 22.5 Å². The molecule has 0 aliphatic carbocycles. The number of hydrogen-bond donors (Lipinski definition) is 0. The Hall–Kier alpha value is -4.07. The maximum Gasteiger partial charge on any atom is 0.266 e. The highest BCUT2D eigenvalue weighted by Gasteiger charge is 2.13. The molecule has 0 unspecified atom stereocenters. The van der Waals surface area contributed by atoms with Gasteiger partial charge in [-0.2, -0.15) is 9.50 Å². The molecule has 4 heterocycles. The number of fused-ring (bicyclic) bond motifs is 3. The fourth-order valence-electron chi connectivity index (χ4n) is 3.08. The number of methoxy groups -OCH3 is 1. The van der Waals surface area contributed by atoms with Gasteiger partial charge >= 0.3 is 0 Å². The number of ether oxygens (including phenoxy) is 1. The Labute approximate surface area is 158 Å². The molecule has 0 radical (unpaired) electrons. The molecule has 0 N–H and O–H groups in total. The quantitative estimate of drug-likeness (QED) is 0.485. The summed E-state index contributed by atoms with van der Waals surface area (Å²) in [5, 5.41) is 4.97. The second-order valence-electron chi connectivity index (χ2n) is 6.13. The lowest BCUT2D eigenvalue weighted by molar-refractivity contribution is 0.414. The minimum Gasteiger partial charge on any atom is -0.497 e. The highest BCUT2D eigenvalue weighted by Crippen LogP contribution is 2.18. The van der Waals surface area contributed by atoms with Crippen LogP contribution in [-0.2, 0) is 0 Å². The van der Waals surface area contributed by atoms with Crippen LogP contribution >= 0.6 is 0 Å². The molecular weight excluding hydrogens is 356 g/mol. The summed E-state index contributed by atoms with van der Waals surface area (Å²) in [5.41, 5.74) is 1.98. The van der Waals surface area contributed by atoms with Crippen molar-refractivity contribution in [3.8, 4) is 22.8 Å². The molecular formula is C20H14N6O2. The average Bonchev–Trinajstić information content (AvgIpc) is 3.20. The molecule has 0 saturated carbocycles. The van der Waals surface area contributed by atoms with Crippen LogP contribution in [-0.4, -0.2) is 36.2 Å². The predicted octanol–water partition coefficient (Wildman–Crippen LogP) is 2.50. The van der Waals surface area contributed by atoms with Gasteiger partial charge in [-0.25, -0.2) is 4.98 Å². The van der Waals surface area contributed by atoms with Crippen LogP contribution in [0.5, 0.6) is 5.75 Å². The van der Waals surface area contributed by atoms with E-state index in [2.05, 4.69) is 20.1 Å². The summed E-state index contributed by atoms with van der Waals surface area (Å²) >= 11 is 0. The highest BCUT2D eigenvalue weighted by atomic mass is 16.5. The Morgan fingerprint density at radius 3 is 2.64 bits per heavy atom. The maximum atomic E-state index is 13.0. The predicted molar refractivity (Wildman–Crippen MR) is 104 cm³/mol. The molecule has 28 heavy (non-hydrogen) atoms. The molecule has 8 heteroatoms. The third-order valence-corrected chi connectivity index (χ3v) is 4.50. The van der Waals surface area contributed by atoms with E-state index >= 15 is 0 Å². The third kappa shape index (κ3) is 2.50. The van der Waals surface area contributed by atoms with Gasteiger partial charge in [0, 0.05) is 36.0 Å². The van der Waals surface area contributed by atoms with Gasteiger partial charge in [-0.1, -0.05) is 0 Å². The van der Waals surface area contributed by atoms with Gasteiger partial charge in [0.2, 0.25) is 0 Å². The van der Waals surface area contributed by atoms with Gasteiger partial charge in [0.05, 0.1) is 18.0 Å². The monoisotopic (exact) mass is 370 g/mol. The maximum absolute atomic E-state index is 13.0. The molecule has 0 fully saturated rings. The first kappa shape index (κ1) is 16.1. The molecule has 0 saturated heterocycles. The standard InChI is InChI=1S/C20H14N6O2/c1-28-15-6-4-14(5-7-15)25-10-8-17-16(19(25)27)12-22-20-23-18(24-26(17)20)13-3-2-9-21-11-13/h2-12H,1H3. The number of rotatable bonds is 3. The Morgan fingerprint density at radius 1 is 1.04 bits per heavy atom. The molecule has 0 atom stereocenters. The molecule has 5 rings (SSSR count). The van der Waals surface area contributed by atoms with E-state index in [1.54, 1.807) is 34.8 Å². The molecule has 1 aromatic carbocycles. The van der Waals surface area contributed by atoms with Crippen LogP contribution in [0.3, 0.4) is 0 Å². The molecule has 0 aliphatic rings. The van der Waals surface area contributed by atoms with Crippen LogP contribution in [0.25, 0.3) is 33.8 Å². The summed E-state index contributed by atoms with van der Waals surface area (Å²) in [7, 11) is 1.60. The van der Waals surface area contributed by atoms with Gasteiger partial charge in [0.25, 0.3) is 11.3 Å². The van der Waals surface area contributed by atoms with E-state index in [4.69, 9.17) is 4.74 Å². The highest BCUT2D eigenvalue weighted by molar-refractivity contribution is 5.79. The lowest BCUT2D eigenvalue weighted by Crippen LogP contribution is -2.18. The Bertz CT molecular complexity index is 1360. The summed E-state index contributed by atoms with van der Waals surface area (Å²) in [6.45, 7) is 0. The largest absolute Gasteiger partial charge is 0.497 e. The SMILES string of the molecule is COc1ccc(-n2ccc3c(cnc4nc(-c5cccnc5)nn43)c2=O)cc1. The number of hydrogen-bond acceptors (Lipinski definition) is 6. The average molecular weight is 370 g/mol. The van der Waals surface area contributed by atoms with Gasteiger partial charge in [-0.3, -0.25) is 14.3 Å². The lowest BCUT2D eigenvalue weighted by atomic mass is 10.2. The summed E-state index contributed by atoms with van der Waals surface area (Å²) in [6, 6.07) is 12.8. The van der Waals surface area contributed by atoms with Crippen molar-refractivity contribution in [2.45, 2.75) is 0 Å². The Morgan fingerprint density at radius 2 is 1.89 bits per heavy atom. The number of benzene rings is 1. The van der Waals surface area contributed by atoms with E-state index in [1.165, 1.54) is 6.20 Å². The molecule has 0 amide bonds. The normalized spacial score (nSPS) is 11.2. The van der Waals surface area contributed by atoms with Crippen LogP contribution in [0.2, 0.25) is 0 Å². The first-order valence-electron chi connectivity index (χ1n) is 8.56. The molecule has 5 aromatic rings. The van der Waals surface area contributed by atoms with Crippen molar-refractivity contribution in [2.75, 3.05) is 7.11 Å². The lowest BCUT2D eigenvalue weighted by Gasteiger charge is -2.08. The van der Waals surface area contributed by atoms with E-state index in [1.807, 2.05) is 42.5 Å². The van der Waals surface area contributed by atoms with Crippen molar-refractivity contribution in [1.29, 1.82) is 0 Å². The second-order valence-corrected chi connectivity index (χ2v) is 6.13. The molecule has 4 aromatic heterocycles. The summed E-state index contributed by atoms with van der Waals surface area (Å²) < 4.78 is 8.32. The summed E-state index contributed by atoms with van der Waals surface area (Å²) in [6.07, 6.45) is 6.63. The van der Waals surface area contributed by atoms with Crippen molar-refractivity contribution >= 4 is 16.7 Å². The van der Waals surface area contributed by atoms with Crippen LogP contribution in [0, 0.1) is 0 Å². The van der Waals surface area contributed by atoms with Crippen molar-refractivity contribution in [1.82, 2.24) is 29.1 Å². The van der Waals surface area contributed by atoms with Crippen LogP contribution in [0.4, 0.5) is 0 Å². The van der Waals surface area contributed by atoms with Gasteiger partial charge in [-0.15, -0.1) is 5.10 Å². The van der Waals surface area contributed by atoms with Crippen molar-refractivity contribution < 1.29 is 4.74 Å². The van der Waals surface area contributed by atoms with Crippen LogP contribution < -0.4 is 10.3 Å². The van der Waals surface area contributed by atoms with E-state index in [-0.39, 0.29) is 5.56 Å². The van der Waals surface area contributed by atoms with Gasteiger partial charge in [0.1, 0.15) is 5.75 Å². The molecule has 0 bridgehead atoms. The van der Waals surface area contributed by atoms with Gasteiger partial charge in [0.15, 0.2) is 5.82 Å². The summed E-state index contributed by atoms with van der Waals surface area (Å²) in [4.78, 5) is 25.9.